The lowest BCUT2D eigenvalue weighted by atomic mass is 9.85. The highest BCUT2D eigenvalue weighted by Gasteiger charge is 2.55. The molecule has 2 heterocycles. The molecule has 3 aliphatic rings. The summed E-state index contributed by atoms with van der Waals surface area (Å²) in [6, 6.07) is 15.3. The van der Waals surface area contributed by atoms with Crippen LogP contribution in [0.5, 0.6) is 0 Å². The first-order valence-electron chi connectivity index (χ1n) is 10.0. The maximum absolute atomic E-state index is 13.9. The number of hydrogen-bond acceptors (Lipinski definition) is 3. The molecule has 2 aromatic rings. The number of fused-ring (bicyclic) bond motifs is 3. The summed E-state index contributed by atoms with van der Waals surface area (Å²) in [6.45, 7) is 2.87. The van der Waals surface area contributed by atoms with Gasteiger partial charge in [-0.2, -0.15) is 4.31 Å². The summed E-state index contributed by atoms with van der Waals surface area (Å²) in [5, 5.41) is 0. The van der Waals surface area contributed by atoms with Crippen LogP contribution in [-0.2, 0) is 26.9 Å². The van der Waals surface area contributed by atoms with E-state index in [0.29, 0.717) is 18.1 Å². The van der Waals surface area contributed by atoms with Crippen molar-refractivity contribution in [2.75, 3.05) is 6.61 Å². The van der Waals surface area contributed by atoms with E-state index in [1.54, 1.807) is 16.4 Å². The molecule has 1 fully saturated rings. The lowest BCUT2D eigenvalue weighted by Crippen LogP contribution is -2.54. The van der Waals surface area contributed by atoms with Crippen molar-refractivity contribution in [1.82, 2.24) is 4.31 Å². The molecule has 1 aliphatic carbocycles. The molecule has 0 amide bonds. The fourth-order valence-corrected chi connectivity index (χ4v) is 6.99. The van der Waals surface area contributed by atoms with Gasteiger partial charge in [0.05, 0.1) is 18.1 Å². The number of nitrogens with zero attached hydrogens (tertiary/aromatic N) is 1. The van der Waals surface area contributed by atoms with Gasteiger partial charge < -0.3 is 4.74 Å². The minimum absolute atomic E-state index is 0.0743. The van der Waals surface area contributed by atoms with Crippen LogP contribution in [0.1, 0.15) is 42.4 Å². The van der Waals surface area contributed by atoms with Crippen molar-refractivity contribution in [2.45, 2.75) is 55.7 Å². The lowest BCUT2D eigenvalue weighted by Gasteiger charge is -2.44. The van der Waals surface area contributed by atoms with Gasteiger partial charge >= 0.3 is 0 Å². The molecule has 2 aliphatic heterocycles. The summed E-state index contributed by atoms with van der Waals surface area (Å²) in [5.74, 6) is 0. The molecule has 28 heavy (non-hydrogen) atoms. The Morgan fingerprint density at radius 1 is 1.07 bits per heavy atom. The quantitative estimate of drug-likeness (QED) is 0.713. The Balaban J connectivity index is 1.72. The number of aryl methyl sites for hydroxylation is 1. The Labute approximate surface area is 166 Å². The first-order valence-corrected chi connectivity index (χ1v) is 11.5. The third kappa shape index (κ3) is 2.60. The third-order valence-electron chi connectivity index (χ3n) is 6.36. The molecule has 0 saturated heterocycles. The molecule has 5 heteroatoms. The predicted octanol–water partition coefficient (Wildman–Crippen LogP) is 4.29. The van der Waals surface area contributed by atoms with Crippen LogP contribution in [-0.4, -0.2) is 25.4 Å². The zero-order chi connectivity index (χ0) is 19.4. The summed E-state index contributed by atoms with van der Waals surface area (Å²) >= 11 is 0. The second kappa shape index (κ2) is 6.55. The van der Waals surface area contributed by atoms with E-state index in [-0.39, 0.29) is 6.04 Å². The highest BCUT2D eigenvalue weighted by molar-refractivity contribution is 7.89. The van der Waals surface area contributed by atoms with Crippen LogP contribution in [0, 0.1) is 6.92 Å². The van der Waals surface area contributed by atoms with Gasteiger partial charge in [-0.3, -0.25) is 0 Å². The van der Waals surface area contributed by atoms with E-state index < -0.39 is 15.6 Å². The van der Waals surface area contributed by atoms with Gasteiger partial charge in [-0.1, -0.05) is 60.0 Å². The van der Waals surface area contributed by atoms with Gasteiger partial charge in [0.1, 0.15) is 5.54 Å². The summed E-state index contributed by atoms with van der Waals surface area (Å²) in [5.41, 5.74) is 3.70. The summed E-state index contributed by atoms with van der Waals surface area (Å²) in [4.78, 5) is 0.362. The van der Waals surface area contributed by atoms with Crippen molar-refractivity contribution in [3.63, 3.8) is 0 Å². The van der Waals surface area contributed by atoms with Crippen LogP contribution in [0.4, 0.5) is 0 Å². The lowest BCUT2D eigenvalue weighted by molar-refractivity contribution is 0.0225. The number of ether oxygens (including phenoxy) is 1. The van der Waals surface area contributed by atoms with E-state index >= 15 is 0 Å². The average molecular weight is 396 g/mol. The molecule has 1 saturated carbocycles. The Morgan fingerprint density at radius 2 is 1.86 bits per heavy atom. The molecule has 0 aromatic heterocycles. The smallest absolute Gasteiger partial charge is 0.244 e. The number of benzene rings is 2. The SMILES string of the molecule is Cc1ccc(S(=O)(=O)N2[C@@H]3CCCCC3=C[C@]23COCc2ccccc23)cc1. The molecular weight excluding hydrogens is 370 g/mol. The van der Waals surface area contributed by atoms with E-state index in [2.05, 4.69) is 12.1 Å². The standard InChI is InChI=1S/C23H25NO3S/c1-17-10-12-20(13-11-17)28(25,26)24-22-9-5-3-6-18(22)14-23(24)16-27-15-19-7-2-4-8-21(19)23/h2,4,7-8,10-14,22H,3,5-6,9,15-16H2,1H3/t22-,23-/m1/s1. The molecule has 1 spiro atoms. The van der Waals surface area contributed by atoms with Gasteiger partial charge in [0, 0.05) is 6.04 Å². The summed E-state index contributed by atoms with van der Waals surface area (Å²) in [7, 11) is -3.68. The van der Waals surface area contributed by atoms with Crippen molar-refractivity contribution >= 4 is 10.0 Å². The monoisotopic (exact) mass is 395 g/mol. The van der Waals surface area contributed by atoms with Crippen molar-refractivity contribution in [1.29, 1.82) is 0 Å². The summed E-state index contributed by atoms with van der Waals surface area (Å²) < 4.78 is 35.6. The van der Waals surface area contributed by atoms with Crippen molar-refractivity contribution in [3.05, 3.63) is 76.9 Å². The van der Waals surface area contributed by atoms with E-state index in [1.807, 2.05) is 37.3 Å². The van der Waals surface area contributed by atoms with Crippen molar-refractivity contribution in [2.24, 2.45) is 0 Å². The fourth-order valence-electron chi connectivity index (χ4n) is 5.07. The molecule has 5 rings (SSSR count). The van der Waals surface area contributed by atoms with E-state index in [4.69, 9.17) is 4.74 Å². The number of hydrogen-bond donors (Lipinski definition) is 0. The van der Waals surface area contributed by atoms with Gasteiger partial charge in [-0.15, -0.1) is 0 Å². The fraction of sp³-hybridized carbons (Fsp3) is 0.391. The highest BCUT2D eigenvalue weighted by atomic mass is 32.2. The van der Waals surface area contributed by atoms with Crippen LogP contribution < -0.4 is 0 Å². The van der Waals surface area contributed by atoms with Crippen LogP contribution in [0.2, 0.25) is 0 Å². The van der Waals surface area contributed by atoms with Crippen molar-refractivity contribution < 1.29 is 13.2 Å². The number of rotatable bonds is 2. The molecular formula is C23H25NO3S. The maximum atomic E-state index is 13.9. The molecule has 4 nitrogen and oxygen atoms in total. The van der Waals surface area contributed by atoms with Gasteiger partial charge in [0.15, 0.2) is 0 Å². The Bertz CT molecular complexity index is 1040. The van der Waals surface area contributed by atoms with E-state index in [0.717, 1.165) is 42.4 Å². The van der Waals surface area contributed by atoms with Gasteiger partial charge in [-0.25, -0.2) is 8.42 Å². The van der Waals surface area contributed by atoms with Gasteiger partial charge in [0.2, 0.25) is 10.0 Å². The van der Waals surface area contributed by atoms with Gasteiger partial charge in [0.25, 0.3) is 0 Å². The second-order valence-electron chi connectivity index (χ2n) is 8.17. The predicted molar refractivity (Wildman–Crippen MR) is 108 cm³/mol. The molecule has 2 aromatic carbocycles. The first kappa shape index (κ1) is 18.1. The van der Waals surface area contributed by atoms with Crippen LogP contribution in [0.15, 0.2) is 65.1 Å². The molecule has 146 valence electrons. The first-order chi connectivity index (χ1) is 13.5. The third-order valence-corrected chi connectivity index (χ3v) is 8.33. The van der Waals surface area contributed by atoms with Crippen molar-refractivity contribution in [3.8, 4) is 0 Å². The normalized spacial score (nSPS) is 27.3. The zero-order valence-electron chi connectivity index (χ0n) is 16.1. The summed E-state index contributed by atoms with van der Waals surface area (Å²) in [6.07, 6.45) is 6.23. The zero-order valence-corrected chi connectivity index (χ0v) is 16.9. The number of sulfonamides is 1. The largest absolute Gasteiger partial charge is 0.374 e. The van der Waals surface area contributed by atoms with E-state index in [1.165, 1.54) is 5.57 Å². The highest BCUT2D eigenvalue weighted by Crippen LogP contribution is 2.50. The minimum atomic E-state index is -3.68. The Morgan fingerprint density at radius 3 is 2.68 bits per heavy atom. The van der Waals surface area contributed by atoms with Crippen LogP contribution in [0.3, 0.4) is 0 Å². The minimum Gasteiger partial charge on any atom is -0.374 e. The van der Waals surface area contributed by atoms with Crippen LogP contribution in [0.25, 0.3) is 0 Å². The second-order valence-corrected chi connectivity index (χ2v) is 9.98. The molecule has 2 atom stereocenters. The molecule has 0 radical (unpaired) electrons. The Kier molecular flexibility index (Phi) is 4.23. The average Bonchev–Trinajstić information content (AvgIpc) is 3.03. The van der Waals surface area contributed by atoms with Crippen LogP contribution >= 0.6 is 0 Å². The van der Waals surface area contributed by atoms with E-state index in [9.17, 15) is 8.42 Å². The maximum Gasteiger partial charge on any atom is 0.244 e. The topological polar surface area (TPSA) is 46.6 Å². The Hall–Kier alpha value is -1.95. The molecule has 0 unspecified atom stereocenters. The molecule has 0 bridgehead atoms. The molecule has 0 N–H and O–H groups in total. The van der Waals surface area contributed by atoms with Gasteiger partial charge in [-0.05, 0) is 49.4 Å².